The maximum absolute atomic E-state index is 9.48. The first-order valence-corrected chi connectivity index (χ1v) is 7.02. The summed E-state index contributed by atoms with van der Waals surface area (Å²) in [7, 11) is 2.25. The Bertz CT molecular complexity index is 670. The molecule has 0 bridgehead atoms. The molecule has 0 amide bonds. The topological polar surface area (TPSA) is 40.5 Å². The number of rotatable bonds is 1. The van der Waals surface area contributed by atoms with E-state index >= 15 is 0 Å². The van der Waals surface area contributed by atoms with Gasteiger partial charge < -0.3 is 15.0 Å². The van der Waals surface area contributed by atoms with Gasteiger partial charge in [-0.3, -0.25) is 0 Å². The molecule has 0 saturated heterocycles. The molecule has 3 atom stereocenters. The number of nitrogens with one attached hydrogen (secondary N) is 2. The lowest BCUT2D eigenvalue weighted by Gasteiger charge is -2.36. The van der Waals surface area contributed by atoms with E-state index in [9.17, 15) is 5.11 Å². The predicted molar refractivity (Wildman–Crippen MR) is 76.1 cm³/mol. The van der Waals surface area contributed by atoms with Crippen LogP contribution in [-0.4, -0.2) is 36.3 Å². The maximum Gasteiger partial charge on any atom is 0.117 e. The normalized spacial score (nSPS) is 29.2. The van der Waals surface area contributed by atoms with Gasteiger partial charge in [0.15, 0.2) is 0 Å². The minimum Gasteiger partial charge on any atom is -0.396 e. The van der Waals surface area contributed by atoms with Gasteiger partial charge in [0, 0.05) is 29.1 Å². The second-order valence-electron chi connectivity index (χ2n) is 5.91. The highest BCUT2D eigenvalue weighted by atomic mass is 16.3. The van der Waals surface area contributed by atoms with Gasteiger partial charge in [0.25, 0.3) is 0 Å². The summed E-state index contributed by atoms with van der Waals surface area (Å²) in [6.45, 7) is 1.28. The molecule has 4 rings (SSSR count). The van der Waals surface area contributed by atoms with Crippen molar-refractivity contribution in [2.45, 2.75) is 12.5 Å². The summed E-state index contributed by atoms with van der Waals surface area (Å²) in [5.41, 5.74) is 5.47. The summed E-state index contributed by atoms with van der Waals surface area (Å²) in [6.07, 6.45) is 5.57. The molecule has 2 heterocycles. The van der Waals surface area contributed by atoms with Crippen LogP contribution in [0, 0.1) is 5.92 Å². The van der Waals surface area contributed by atoms with Crippen molar-refractivity contribution in [1.29, 1.82) is 0 Å². The van der Waals surface area contributed by atoms with E-state index in [1.165, 1.54) is 32.5 Å². The Kier molecular flexibility index (Phi) is 2.34. The molecule has 19 heavy (non-hydrogen) atoms. The van der Waals surface area contributed by atoms with Crippen LogP contribution in [0.25, 0.3) is 16.5 Å². The average Bonchev–Trinajstić information content (AvgIpc) is 2.85. The average molecular weight is 255 g/mol. The summed E-state index contributed by atoms with van der Waals surface area (Å²) in [6, 6.07) is 7.03. The summed E-state index contributed by atoms with van der Waals surface area (Å²) in [4.78, 5) is 4.90. The van der Waals surface area contributed by atoms with E-state index in [0.29, 0.717) is 12.0 Å². The Hall–Kier alpha value is -1.58. The second kappa shape index (κ2) is 3.95. The molecule has 1 aromatic carbocycles. The van der Waals surface area contributed by atoms with E-state index in [2.05, 4.69) is 42.5 Å². The summed E-state index contributed by atoms with van der Waals surface area (Å²) in [5.74, 6) is 0.294. The molecule has 3 nitrogen and oxygen atoms in total. The third kappa shape index (κ3) is 1.52. The zero-order chi connectivity index (χ0) is 13.0. The van der Waals surface area contributed by atoms with Crippen LogP contribution in [0.2, 0.25) is 0 Å². The summed E-state index contributed by atoms with van der Waals surface area (Å²) < 4.78 is 0. The molecule has 3 heteroatoms. The molecule has 1 aliphatic heterocycles. The number of fused-ring (bicyclic) bond motifs is 2. The number of hydrogen-bond acceptors (Lipinski definition) is 1. The largest absolute Gasteiger partial charge is 0.396 e. The zero-order valence-corrected chi connectivity index (χ0v) is 11.1. The molecule has 2 aromatic rings. The van der Waals surface area contributed by atoms with Crippen molar-refractivity contribution >= 4 is 16.5 Å². The molecule has 2 aliphatic rings. The first kappa shape index (κ1) is 11.3. The molecule has 0 radical (unpaired) electrons. The van der Waals surface area contributed by atoms with E-state index in [4.69, 9.17) is 0 Å². The molecule has 3 N–H and O–H groups in total. The fourth-order valence-corrected chi connectivity index (χ4v) is 3.81. The summed E-state index contributed by atoms with van der Waals surface area (Å²) >= 11 is 0. The number of aliphatic hydroxyl groups excluding tert-OH is 1. The van der Waals surface area contributed by atoms with Crippen molar-refractivity contribution in [2.75, 3.05) is 20.2 Å². The van der Waals surface area contributed by atoms with Crippen LogP contribution in [0.3, 0.4) is 0 Å². The van der Waals surface area contributed by atoms with Crippen molar-refractivity contribution in [3.05, 3.63) is 41.6 Å². The molecule has 1 unspecified atom stereocenters. The Balaban J connectivity index is 1.97. The van der Waals surface area contributed by atoms with Gasteiger partial charge in [-0.15, -0.1) is 0 Å². The molecule has 1 aromatic heterocycles. The molecule has 0 spiro atoms. The highest BCUT2D eigenvalue weighted by Crippen LogP contribution is 2.36. The molecule has 0 fully saturated rings. The Morgan fingerprint density at radius 1 is 1.42 bits per heavy atom. The van der Waals surface area contributed by atoms with Crippen molar-refractivity contribution in [2.24, 2.45) is 5.92 Å². The minimum atomic E-state index is 0.254. The Labute approximate surface area is 112 Å². The van der Waals surface area contributed by atoms with Crippen LogP contribution >= 0.6 is 0 Å². The van der Waals surface area contributed by atoms with Gasteiger partial charge in [0.1, 0.15) is 6.04 Å². The highest BCUT2D eigenvalue weighted by Gasteiger charge is 2.36. The van der Waals surface area contributed by atoms with Crippen molar-refractivity contribution in [1.82, 2.24) is 4.98 Å². The third-order valence-corrected chi connectivity index (χ3v) is 4.73. The molecule has 1 aliphatic carbocycles. The smallest absolute Gasteiger partial charge is 0.117 e. The molecular weight excluding hydrogens is 236 g/mol. The maximum atomic E-state index is 9.48. The van der Waals surface area contributed by atoms with Crippen LogP contribution in [0.15, 0.2) is 30.5 Å². The van der Waals surface area contributed by atoms with E-state index in [1.54, 1.807) is 0 Å². The van der Waals surface area contributed by atoms with Gasteiger partial charge in [-0.1, -0.05) is 18.2 Å². The standard InChI is InChI=1S/C16H18N2O/c1-18-8-10(9-19)5-13-12-3-2-4-14-16(12)11(7-17-14)6-15(13)18/h2-5,7,10,15,17,19H,6,8-9H2,1H3/p+1/t10-,15+/m1/s1. The quantitative estimate of drug-likeness (QED) is 0.687. The number of benzene rings is 1. The van der Waals surface area contributed by atoms with Crippen LogP contribution in [0.4, 0.5) is 0 Å². The molecule has 98 valence electrons. The Morgan fingerprint density at radius 3 is 3.16 bits per heavy atom. The van der Waals surface area contributed by atoms with Gasteiger partial charge in [-0.25, -0.2) is 0 Å². The highest BCUT2D eigenvalue weighted by molar-refractivity contribution is 5.97. The number of aliphatic hydroxyl groups is 1. The van der Waals surface area contributed by atoms with E-state index in [1.807, 2.05) is 0 Å². The number of aromatic nitrogens is 1. The number of H-pyrrole nitrogens is 1. The van der Waals surface area contributed by atoms with E-state index in [-0.39, 0.29) is 6.61 Å². The first-order chi connectivity index (χ1) is 9.28. The van der Waals surface area contributed by atoms with Gasteiger partial charge in [0.2, 0.25) is 0 Å². The van der Waals surface area contributed by atoms with Gasteiger partial charge >= 0.3 is 0 Å². The van der Waals surface area contributed by atoms with Crippen molar-refractivity contribution in [3.8, 4) is 0 Å². The summed E-state index contributed by atoms with van der Waals surface area (Å²) in [5, 5.41) is 10.9. The monoisotopic (exact) mass is 255 g/mol. The lowest BCUT2D eigenvalue weighted by Crippen LogP contribution is -3.14. The van der Waals surface area contributed by atoms with E-state index in [0.717, 1.165) is 13.0 Å². The molecule has 0 saturated carbocycles. The fourth-order valence-electron chi connectivity index (χ4n) is 3.81. The van der Waals surface area contributed by atoms with Crippen LogP contribution < -0.4 is 4.90 Å². The third-order valence-electron chi connectivity index (χ3n) is 4.73. The van der Waals surface area contributed by atoms with Gasteiger partial charge in [0.05, 0.1) is 26.1 Å². The van der Waals surface area contributed by atoms with E-state index < -0.39 is 0 Å². The van der Waals surface area contributed by atoms with Crippen molar-refractivity contribution in [3.63, 3.8) is 0 Å². The van der Waals surface area contributed by atoms with Gasteiger partial charge in [-0.05, 0) is 17.2 Å². The lowest BCUT2D eigenvalue weighted by atomic mass is 9.80. The zero-order valence-electron chi connectivity index (χ0n) is 11.1. The number of aromatic amines is 1. The Morgan fingerprint density at radius 2 is 2.32 bits per heavy atom. The van der Waals surface area contributed by atoms with Crippen molar-refractivity contribution < 1.29 is 10.0 Å². The molecular formula is C16H19N2O+. The number of quaternary nitrogens is 1. The van der Waals surface area contributed by atoms with Crippen LogP contribution in [0.5, 0.6) is 0 Å². The van der Waals surface area contributed by atoms with Crippen LogP contribution in [0.1, 0.15) is 11.1 Å². The fraction of sp³-hybridized carbons (Fsp3) is 0.375. The SMILES string of the molecule is C[NH+]1C[C@H](CO)C=C2c3cccc4[nH]cc(c34)C[C@@H]21. The van der Waals surface area contributed by atoms with Gasteiger partial charge in [-0.2, -0.15) is 0 Å². The predicted octanol–water partition coefficient (Wildman–Crippen LogP) is 0.613. The first-order valence-electron chi connectivity index (χ1n) is 7.02. The van der Waals surface area contributed by atoms with Crippen LogP contribution in [-0.2, 0) is 6.42 Å². The number of hydrogen-bond donors (Lipinski definition) is 3. The minimum absolute atomic E-state index is 0.254. The second-order valence-corrected chi connectivity index (χ2v) is 5.91. The number of likely N-dealkylation sites (N-methyl/N-ethyl adjacent to an activating group) is 1. The lowest BCUT2D eigenvalue weighted by molar-refractivity contribution is -0.901.